The predicted octanol–water partition coefficient (Wildman–Crippen LogP) is 2.72. The highest BCUT2D eigenvalue weighted by Gasteiger charge is 2.19. The summed E-state index contributed by atoms with van der Waals surface area (Å²) in [6.07, 6.45) is -0.256. The first-order valence-corrected chi connectivity index (χ1v) is 5.88. The molecular formula is C15H14O4. The lowest BCUT2D eigenvalue weighted by Gasteiger charge is -2.11. The van der Waals surface area contributed by atoms with E-state index in [2.05, 4.69) is 0 Å². The highest BCUT2D eigenvalue weighted by molar-refractivity contribution is 6.13. The number of phenolic OH excluding ortho intramolecular Hbond substituents is 2. The quantitative estimate of drug-likeness (QED) is 0.655. The molecule has 2 rings (SSSR count). The zero-order valence-corrected chi connectivity index (χ0v) is 10.7. The molecule has 0 unspecified atom stereocenters. The Kier molecular flexibility index (Phi) is 3.25. The number of benzene rings is 2. The Labute approximate surface area is 110 Å². The molecule has 0 saturated carbocycles. The summed E-state index contributed by atoms with van der Waals surface area (Å²) >= 11 is 0. The SMILES string of the molecule is CC(=O)CC(=O)c1c(C)cc2cccc(O)c2c1O. The third-order valence-corrected chi connectivity index (χ3v) is 3.00. The molecule has 0 aliphatic rings. The molecule has 2 aromatic rings. The van der Waals surface area contributed by atoms with Gasteiger partial charge in [0.15, 0.2) is 5.78 Å². The molecule has 0 amide bonds. The summed E-state index contributed by atoms with van der Waals surface area (Å²) in [7, 11) is 0. The first kappa shape index (κ1) is 13.1. The second-order valence-corrected chi connectivity index (χ2v) is 4.59. The van der Waals surface area contributed by atoms with Crippen LogP contribution in [0.2, 0.25) is 0 Å². The number of hydrogen-bond donors (Lipinski definition) is 2. The third kappa shape index (κ3) is 2.29. The number of carbonyl (C=O) groups excluding carboxylic acids is 2. The summed E-state index contributed by atoms with van der Waals surface area (Å²) in [4.78, 5) is 23.0. The first-order valence-electron chi connectivity index (χ1n) is 5.88. The molecule has 0 radical (unpaired) electrons. The highest BCUT2D eigenvalue weighted by Crippen LogP contribution is 2.37. The van der Waals surface area contributed by atoms with Crippen molar-refractivity contribution in [3.63, 3.8) is 0 Å². The second kappa shape index (κ2) is 4.72. The van der Waals surface area contributed by atoms with Gasteiger partial charge >= 0.3 is 0 Å². The van der Waals surface area contributed by atoms with Crippen molar-refractivity contribution < 1.29 is 19.8 Å². The molecule has 4 heteroatoms. The Morgan fingerprint density at radius 3 is 2.53 bits per heavy atom. The first-order chi connectivity index (χ1) is 8.91. The third-order valence-electron chi connectivity index (χ3n) is 3.00. The molecule has 0 bridgehead atoms. The van der Waals surface area contributed by atoms with Crippen LogP contribution in [0.25, 0.3) is 10.8 Å². The van der Waals surface area contributed by atoms with Gasteiger partial charge in [0.25, 0.3) is 0 Å². The molecule has 19 heavy (non-hydrogen) atoms. The molecule has 98 valence electrons. The zero-order valence-electron chi connectivity index (χ0n) is 10.7. The minimum atomic E-state index is -0.437. The zero-order chi connectivity index (χ0) is 14.2. The van der Waals surface area contributed by atoms with Crippen molar-refractivity contribution in [3.05, 3.63) is 35.4 Å². The van der Waals surface area contributed by atoms with Crippen molar-refractivity contribution >= 4 is 22.3 Å². The number of carbonyl (C=O) groups is 2. The van der Waals surface area contributed by atoms with Crippen LogP contribution < -0.4 is 0 Å². The monoisotopic (exact) mass is 258 g/mol. The smallest absolute Gasteiger partial charge is 0.174 e. The van der Waals surface area contributed by atoms with Gasteiger partial charge in [0.05, 0.1) is 17.4 Å². The van der Waals surface area contributed by atoms with Crippen molar-refractivity contribution in [2.75, 3.05) is 0 Å². The molecule has 2 aromatic carbocycles. The van der Waals surface area contributed by atoms with Crippen molar-refractivity contribution in [2.45, 2.75) is 20.3 Å². The minimum Gasteiger partial charge on any atom is -0.507 e. The van der Waals surface area contributed by atoms with E-state index in [0.717, 1.165) is 0 Å². The van der Waals surface area contributed by atoms with E-state index in [0.29, 0.717) is 10.9 Å². The van der Waals surface area contributed by atoms with Gasteiger partial charge in [0, 0.05) is 0 Å². The number of phenols is 2. The summed E-state index contributed by atoms with van der Waals surface area (Å²) in [6.45, 7) is 3.01. The lowest BCUT2D eigenvalue weighted by molar-refractivity contribution is -0.116. The van der Waals surface area contributed by atoms with E-state index in [4.69, 9.17) is 0 Å². The van der Waals surface area contributed by atoms with E-state index in [1.807, 2.05) is 0 Å². The fourth-order valence-electron chi connectivity index (χ4n) is 2.22. The van der Waals surface area contributed by atoms with Crippen LogP contribution in [0.5, 0.6) is 11.5 Å². The van der Waals surface area contributed by atoms with Crippen molar-refractivity contribution in [1.82, 2.24) is 0 Å². The molecule has 4 nitrogen and oxygen atoms in total. The number of fused-ring (bicyclic) bond motifs is 1. The maximum atomic E-state index is 12.0. The molecule has 0 fully saturated rings. The Hall–Kier alpha value is -2.36. The van der Waals surface area contributed by atoms with Gasteiger partial charge in [-0.3, -0.25) is 9.59 Å². The van der Waals surface area contributed by atoms with Crippen molar-refractivity contribution in [2.24, 2.45) is 0 Å². The van der Waals surface area contributed by atoms with Crippen LogP contribution in [0.15, 0.2) is 24.3 Å². The molecule has 0 heterocycles. The number of aromatic hydroxyl groups is 2. The largest absolute Gasteiger partial charge is 0.507 e. The number of rotatable bonds is 3. The van der Waals surface area contributed by atoms with E-state index >= 15 is 0 Å². The molecule has 0 spiro atoms. The lowest BCUT2D eigenvalue weighted by Crippen LogP contribution is -2.07. The van der Waals surface area contributed by atoms with E-state index in [9.17, 15) is 19.8 Å². The number of hydrogen-bond acceptors (Lipinski definition) is 4. The van der Waals surface area contributed by atoms with Crippen molar-refractivity contribution in [3.8, 4) is 11.5 Å². The summed E-state index contributed by atoms with van der Waals surface area (Å²) < 4.78 is 0. The molecule has 0 aromatic heterocycles. The number of Topliss-reactive ketones (excluding diaryl/α,β-unsaturated/α-hetero) is 2. The van der Waals surface area contributed by atoms with Gasteiger partial charge in [-0.15, -0.1) is 0 Å². The van der Waals surface area contributed by atoms with Crippen LogP contribution in [-0.2, 0) is 4.79 Å². The van der Waals surface area contributed by atoms with Crippen LogP contribution in [-0.4, -0.2) is 21.8 Å². The fourth-order valence-corrected chi connectivity index (χ4v) is 2.22. The minimum absolute atomic E-state index is 0.0909. The van der Waals surface area contributed by atoms with Gasteiger partial charge in [0.2, 0.25) is 0 Å². The molecule has 0 atom stereocenters. The normalized spacial score (nSPS) is 10.6. The highest BCUT2D eigenvalue weighted by atomic mass is 16.3. The molecule has 0 aliphatic carbocycles. The summed E-state index contributed by atoms with van der Waals surface area (Å²) in [5.41, 5.74) is 0.686. The van der Waals surface area contributed by atoms with Gasteiger partial charge in [-0.2, -0.15) is 0 Å². The average Bonchev–Trinajstić information content (AvgIpc) is 2.26. The summed E-state index contributed by atoms with van der Waals surface area (Å²) in [5, 5.41) is 20.9. The van der Waals surface area contributed by atoms with Gasteiger partial charge in [-0.25, -0.2) is 0 Å². The van der Waals surface area contributed by atoms with Gasteiger partial charge in [-0.1, -0.05) is 18.2 Å². The summed E-state index contributed by atoms with van der Waals surface area (Å²) in [5.74, 6) is -1.06. The average molecular weight is 258 g/mol. The van der Waals surface area contributed by atoms with Crippen LogP contribution in [0.1, 0.15) is 29.3 Å². The standard InChI is InChI=1S/C15H14O4/c1-8-6-10-4-3-5-11(17)14(10)15(19)13(8)12(18)7-9(2)16/h3-6,17,19H,7H2,1-2H3. The second-order valence-electron chi connectivity index (χ2n) is 4.59. The van der Waals surface area contributed by atoms with Crippen LogP contribution in [0, 0.1) is 6.92 Å². The fraction of sp³-hybridized carbons (Fsp3) is 0.200. The van der Waals surface area contributed by atoms with E-state index in [-0.39, 0.29) is 34.7 Å². The molecular weight excluding hydrogens is 244 g/mol. The van der Waals surface area contributed by atoms with Gasteiger partial charge in [-0.05, 0) is 30.9 Å². The van der Waals surface area contributed by atoms with Crippen molar-refractivity contribution in [1.29, 1.82) is 0 Å². The number of ketones is 2. The Balaban J connectivity index is 2.72. The van der Waals surface area contributed by atoms with Crippen LogP contribution >= 0.6 is 0 Å². The van der Waals surface area contributed by atoms with Gasteiger partial charge in [0.1, 0.15) is 17.3 Å². The van der Waals surface area contributed by atoms with E-state index in [1.165, 1.54) is 13.0 Å². The molecule has 2 N–H and O–H groups in total. The Bertz CT molecular complexity index is 686. The maximum absolute atomic E-state index is 12.0. The van der Waals surface area contributed by atoms with Gasteiger partial charge < -0.3 is 10.2 Å². The number of aryl methyl sites for hydroxylation is 1. The van der Waals surface area contributed by atoms with E-state index in [1.54, 1.807) is 25.1 Å². The van der Waals surface area contributed by atoms with E-state index < -0.39 is 5.78 Å². The topological polar surface area (TPSA) is 74.6 Å². The molecule has 0 saturated heterocycles. The van der Waals surface area contributed by atoms with Crippen LogP contribution in [0.3, 0.4) is 0 Å². The predicted molar refractivity (Wildman–Crippen MR) is 71.6 cm³/mol. The lowest BCUT2D eigenvalue weighted by atomic mass is 9.95. The maximum Gasteiger partial charge on any atom is 0.174 e. The summed E-state index contributed by atoms with van der Waals surface area (Å²) in [6, 6.07) is 6.55. The van der Waals surface area contributed by atoms with Crippen LogP contribution in [0.4, 0.5) is 0 Å². The molecule has 0 aliphatic heterocycles. The Morgan fingerprint density at radius 2 is 1.89 bits per heavy atom. The Morgan fingerprint density at radius 1 is 1.21 bits per heavy atom.